The van der Waals surface area contributed by atoms with Crippen molar-refractivity contribution >= 4 is 40.3 Å². The largest absolute Gasteiger partial charge is 0.452 e. The van der Waals surface area contributed by atoms with Crippen LogP contribution in [0.2, 0.25) is 0 Å². The van der Waals surface area contributed by atoms with Crippen molar-refractivity contribution in [1.82, 2.24) is 4.98 Å². The molecule has 0 aliphatic carbocycles. The van der Waals surface area contributed by atoms with Crippen molar-refractivity contribution in [3.63, 3.8) is 0 Å². The molecule has 0 saturated heterocycles. The number of para-hydroxylation sites is 1. The molecule has 9 heteroatoms. The Morgan fingerprint density at radius 1 is 1.00 bits per heavy atom. The zero-order chi connectivity index (χ0) is 23.4. The molecule has 0 aliphatic rings. The van der Waals surface area contributed by atoms with Crippen molar-refractivity contribution in [2.75, 3.05) is 11.9 Å². The monoisotopic (exact) mass is 434 g/mol. The van der Waals surface area contributed by atoms with Gasteiger partial charge < -0.3 is 21.5 Å². The summed E-state index contributed by atoms with van der Waals surface area (Å²) in [7, 11) is 0. The van der Waals surface area contributed by atoms with E-state index in [9.17, 15) is 19.2 Å². The van der Waals surface area contributed by atoms with Crippen molar-refractivity contribution in [3.05, 3.63) is 70.4 Å². The number of pyridine rings is 1. The summed E-state index contributed by atoms with van der Waals surface area (Å²) in [5.74, 6) is -2.90. The fourth-order valence-corrected chi connectivity index (χ4v) is 3.35. The average Bonchev–Trinajstić information content (AvgIpc) is 2.76. The molecule has 1 heterocycles. The maximum Gasteiger partial charge on any atom is 0.339 e. The van der Waals surface area contributed by atoms with Gasteiger partial charge in [-0.05, 0) is 43.2 Å². The van der Waals surface area contributed by atoms with E-state index in [1.165, 1.54) is 18.2 Å². The molecule has 3 rings (SSSR count). The quantitative estimate of drug-likeness (QED) is 0.484. The van der Waals surface area contributed by atoms with Gasteiger partial charge in [0.1, 0.15) is 0 Å². The van der Waals surface area contributed by atoms with Gasteiger partial charge in [-0.15, -0.1) is 0 Å². The first kappa shape index (κ1) is 22.4. The molecule has 9 nitrogen and oxygen atoms in total. The van der Waals surface area contributed by atoms with Gasteiger partial charge in [0.05, 0.1) is 11.1 Å². The van der Waals surface area contributed by atoms with Crippen LogP contribution < -0.4 is 16.8 Å². The maximum absolute atomic E-state index is 12.8. The van der Waals surface area contributed by atoms with Gasteiger partial charge >= 0.3 is 5.97 Å². The Bertz CT molecular complexity index is 1220. The highest BCUT2D eigenvalue weighted by Gasteiger charge is 2.20. The summed E-state index contributed by atoms with van der Waals surface area (Å²) < 4.78 is 5.24. The van der Waals surface area contributed by atoms with Gasteiger partial charge in [-0.25, -0.2) is 4.79 Å². The van der Waals surface area contributed by atoms with Crippen LogP contribution in [0, 0.1) is 6.92 Å². The molecular weight excluding hydrogens is 412 g/mol. The smallest absolute Gasteiger partial charge is 0.339 e. The number of anilines is 1. The molecule has 2 aromatic carbocycles. The summed E-state index contributed by atoms with van der Waals surface area (Å²) in [4.78, 5) is 52.7. The second-order valence-corrected chi connectivity index (χ2v) is 7.08. The fraction of sp³-hybridized carbons (Fsp3) is 0.174. The molecule has 0 unspecified atom stereocenters. The Morgan fingerprint density at radius 3 is 2.22 bits per heavy atom. The average molecular weight is 434 g/mol. The molecule has 0 radical (unpaired) electrons. The van der Waals surface area contributed by atoms with E-state index in [2.05, 4.69) is 10.3 Å². The van der Waals surface area contributed by atoms with E-state index in [0.29, 0.717) is 28.5 Å². The molecule has 1 aromatic heterocycles. The lowest BCUT2D eigenvalue weighted by Gasteiger charge is -2.13. The number of rotatable bonds is 7. The summed E-state index contributed by atoms with van der Waals surface area (Å²) in [6, 6.07) is 11.0. The standard InChI is InChI=1S/C23H22N4O5/c1-3-17-12(2)20(16-6-4-5-7-18(16)27-17)23(31)32-11-19(28)26-15-9-13(21(24)29)8-14(10-15)22(25)30/h4-10H,3,11H2,1-2H3,(H2,24,29)(H2,25,30)(H,26,28). The highest BCUT2D eigenvalue weighted by Crippen LogP contribution is 2.24. The molecule has 32 heavy (non-hydrogen) atoms. The lowest BCUT2D eigenvalue weighted by Crippen LogP contribution is -2.23. The number of hydrogen-bond donors (Lipinski definition) is 3. The summed E-state index contributed by atoms with van der Waals surface area (Å²) >= 11 is 0. The van der Waals surface area contributed by atoms with Crippen molar-refractivity contribution in [1.29, 1.82) is 0 Å². The number of fused-ring (bicyclic) bond motifs is 1. The number of benzene rings is 2. The predicted molar refractivity (Wildman–Crippen MR) is 118 cm³/mol. The van der Waals surface area contributed by atoms with Crippen LogP contribution in [-0.2, 0) is 16.0 Å². The third-order valence-electron chi connectivity index (χ3n) is 4.90. The third kappa shape index (κ3) is 4.72. The normalized spacial score (nSPS) is 10.6. The molecule has 0 spiro atoms. The minimum atomic E-state index is -0.790. The van der Waals surface area contributed by atoms with E-state index >= 15 is 0 Å². The van der Waals surface area contributed by atoms with E-state index in [-0.39, 0.29) is 16.8 Å². The van der Waals surface area contributed by atoms with Gasteiger partial charge in [0, 0.05) is 27.9 Å². The van der Waals surface area contributed by atoms with Gasteiger partial charge in [0.2, 0.25) is 11.8 Å². The predicted octanol–water partition coefficient (Wildman–Crippen LogP) is 2.10. The fourth-order valence-electron chi connectivity index (χ4n) is 3.35. The summed E-state index contributed by atoms with van der Waals surface area (Å²) in [6.45, 7) is 3.14. The zero-order valence-electron chi connectivity index (χ0n) is 17.6. The van der Waals surface area contributed by atoms with Gasteiger partial charge in [0.15, 0.2) is 6.61 Å². The number of nitrogens with one attached hydrogen (secondary N) is 1. The van der Waals surface area contributed by atoms with Crippen LogP contribution in [0.4, 0.5) is 5.69 Å². The van der Waals surface area contributed by atoms with Gasteiger partial charge in [-0.1, -0.05) is 25.1 Å². The number of nitrogens with zero attached hydrogens (tertiary/aromatic N) is 1. The van der Waals surface area contributed by atoms with E-state index in [1.54, 1.807) is 25.1 Å². The van der Waals surface area contributed by atoms with E-state index in [0.717, 1.165) is 5.69 Å². The Hall–Kier alpha value is -4.27. The molecular formula is C23H22N4O5. The molecule has 0 aliphatic heterocycles. The number of ether oxygens (including phenoxy) is 1. The van der Waals surface area contributed by atoms with Crippen molar-refractivity contribution in [3.8, 4) is 0 Å². The number of esters is 1. The lowest BCUT2D eigenvalue weighted by atomic mass is 10.0. The van der Waals surface area contributed by atoms with Gasteiger partial charge in [-0.3, -0.25) is 19.4 Å². The molecule has 0 atom stereocenters. The Morgan fingerprint density at radius 2 is 1.62 bits per heavy atom. The summed E-state index contributed by atoms with van der Waals surface area (Å²) in [6.07, 6.45) is 0.635. The Labute approximate surface area is 183 Å². The van der Waals surface area contributed by atoms with Crippen LogP contribution in [0.5, 0.6) is 0 Å². The van der Waals surface area contributed by atoms with Crippen molar-refractivity contribution in [2.45, 2.75) is 20.3 Å². The number of carbonyl (C=O) groups is 4. The van der Waals surface area contributed by atoms with Crippen LogP contribution in [0.15, 0.2) is 42.5 Å². The highest BCUT2D eigenvalue weighted by molar-refractivity contribution is 6.06. The number of amides is 3. The van der Waals surface area contributed by atoms with E-state index < -0.39 is 30.3 Å². The van der Waals surface area contributed by atoms with Crippen LogP contribution in [0.25, 0.3) is 10.9 Å². The van der Waals surface area contributed by atoms with Crippen LogP contribution >= 0.6 is 0 Å². The maximum atomic E-state index is 12.8. The number of aryl methyl sites for hydroxylation is 1. The van der Waals surface area contributed by atoms with Crippen molar-refractivity contribution < 1.29 is 23.9 Å². The minimum absolute atomic E-state index is 0.000398. The lowest BCUT2D eigenvalue weighted by molar-refractivity contribution is -0.119. The zero-order valence-corrected chi connectivity index (χ0v) is 17.6. The first-order valence-electron chi connectivity index (χ1n) is 9.81. The number of hydrogen-bond acceptors (Lipinski definition) is 6. The van der Waals surface area contributed by atoms with Gasteiger partial charge in [0.25, 0.3) is 5.91 Å². The topological polar surface area (TPSA) is 154 Å². The third-order valence-corrected chi connectivity index (χ3v) is 4.90. The number of aromatic nitrogens is 1. The molecule has 0 fully saturated rings. The molecule has 0 bridgehead atoms. The molecule has 3 aromatic rings. The van der Waals surface area contributed by atoms with Crippen LogP contribution in [0.1, 0.15) is 49.3 Å². The Kier molecular flexibility index (Phi) is 6.48. The summed E-state index contributed by atoms with van der Waals surface area (Å²) in [5, 5.41) is 3.10. The number of nitrogens with two attached hydrogens (primary N) is 2. The number of carbonyl (C=O) groups excluding carboxylic acids is 4. The van der Waals surface area contributed by atoms with Crippen LogP contribution in [-0.4, -0.2) is 35.3 Å². The second kappa shape index (κ2) is 9.25. The molecule has 5 N–H and O–H groups in total. The first-order valence-corrected chi connectivity index (χ1v) is 9.81. The first-order chi connectivity index (χ1) is 15.2. The second-order valence-electron chi connectivity index (χ2n) is 7.08. The minimum Gasteiger partial charge on any atom is -0.452 e. The van der Waals surface area contributed by atoms with E-state index in [1.807, 2.05) is 13.0 Å². The molecule has 164 valence electrons. The highest BCUT2D eigenvalue weighted by atomic mass is 16.5. The Balaban J connectivity index is 1.79. The van der Waals surface area contributed by atoms with Crippen molar-refractivity contribution in [2.24, 2.45) is 11.5 Å². The number of primary amides is 2. The van der Waals surface area contributed by atoms with E-state index in [4.69, 9.17) is 16.2 Å². The van der Waals surface area contributed by atoms with Crippen LogP contribution in [0.3, 0.4) is 0 Å². The van der Waals surface area contributed by atoms with Gasteiger partial charge in [-0.2, -0.15) is 0 Å². The molecule has 3 amide bonds. The summed E-state index contributed by atoms with van der Waals surface area (Å²) in [5.41, 5.74) is 13.1. The SMILES string of the molecule is CCc1nc2ccccc2c(C(=O)OCC(=O)Nc2cc(C(N)=O)cc(C(N)=O)c2)c1C. The molecule has 0 saturated carbocycles.